The van der Waals surface area contributed by atoms with Crippen LogP contribution in [0.25, 0.3) is 0 Å². The van der Waals surface area contributed by atoms with Crippen LogP contribution in [0.3, 0.4) is 0 Å². The molecule has 3 aromatic rings. The third-order valence-electron chi connectivity index (χ3n) is 5.20. The first-order valence-corrected chi connectivity index (χ1v) is 9.20. The van der Waals surface area contributed by atoms with E-state index in [0.717, 1.165) is 18.7 Å². The SMILES string of the molecule is CCc1noc(CC2c3ccccc3CCN2c2ccccc2)c1[N+](=O)[O-]. The molecule has 0 radical (unpaired) electrons. The van der Waals surface area contributed by atoms with Gasteiger partial charge in [0, 0.05) is 18.7 Å². The van der Waals surface area contributed by atoms with Gasteiger partial charge in [-0.25, -0.2) is 0 Å². The molecular weight excluding hydrogens is 342 g/mol. The molecule has 0 saturated carbocycles. The lowest BCUT2D eigenvalue weighted by Crippen LogP contribution is -2.36. The van der Waals surface area contributed by atoms with E-state index in [9.17, 15) is 10.1 Å². The number of rotatable bonds is 5. The van der Waals surface area contributed by atoms with E-state index in [1.165, 1.54) is 11.1 Å². The summed E-state index contributed by atoms with van der Waals surface area (Å²) in [6.45, 7) is 2.70. The van der Waals surface area contributed by atoms with Crippen molar-refractivity contribution in [3.8, 4) is 0 Å². The smallest absolute Gasteiger partial charge is 0.334 e. The van der Waals surface area contributed by atoms with Crippen molar-refractivity contribution >= 4 is 11.4 Å². The zero-order valence-corrected chi connectivity index (χ0v) is 15.2. The first-order chi connectivity index (χ1) is 13.2. The highest BCUT2D eigenvalue weighted by atomic mass is 16.6. The van der Waals surface area contributed by atoms with Crippen LogP contribution in [-0.2, 0) is 19.3 Å². The number of benzene rings is 2. The van der Waals surface area contributed by atoms with E-state index in [2.05, 4.69) is 34.3 Å². The summed E-state index contributed by atoms with van der Waals surface area (Å²) in [4.78, 5) is 13.5. The number of nitrogens with zero attached hydrogens (tertiary/aromatic N) is 3. The van der Waals surface area contributed by atoms with Crippen LogP contribution in [-0.4, -0.2) is 16.6 Å². The number of aromatic nitrogens is 1. The summed E-state index contributed by atoms with van der Waals surface area (Å²) in [7, 11) is 0. The van der Waals surface area contributed by atoms with Crippen LogP contribution in [0.2, 0.25) is 0 Å². The summed E-state index contributed by atoms with van der Waals surface area (Å²) in [5.41, 5.74) is 4.01. The van der Waals surface area contributed by atoms with E-state index >= 15 is 0 Å². The second kappa shape index (κ2) is 7.23. The molecule has 0 amide bonds. The average Bonchev–Trinajstić information content (AvgIpc) is 3.12. The van der Waals surface area contributed by atoms with Gasteiger partial charge in [0.15, 0.2) is 5.69 Å². The van der Waals surface area contributed by atoms with Gasteiger partial charge < -0.3 is 9.42 Å². The van der Waals surface area contributed by atoms with Gasteiger partial charge in [-0.15, -0.1) is 0 Å². The lowest BCUT2D eigenvalue weighted by Gasteiger charge is -2.38. The highest BCUT2D eigenvalue weighted by Crippen LogP contribution is 2.38. The maximum Gasteiger partial charge on any atom is 0.334 e. The van der Waals surface area contributed by atoms with Gasteiger partial charge in [0.1, 0.15) is 0 Å². The molecule has 4 rings (SSSR count). The molecule has 138 valence electrons. The second-order valence-electron chi connectivity index (χ2n) is 6.71. The second-order valence-corrected chi connectivity index (χ2v) is 6.71. The fourth-order valence-corrected chi connectivity index (χ4v) is 3.91. The topological polar surface area (TPSA) is 72.4 Å². The molecule has 0 aliphatic carbocycles. The standard InChI is InChI=1S/C21H21N3O3/c1-2-18-21(24(25)26)20(27-22-18)14-19-17-11-7-6-8-15(17)12-13-23(19)16-9-4-3-5-10-16/h3-11,19H,2,12-14H2,1H3. The minimum atomic E-state index is -0.369. The fourth-order valence-electron chi connectivity index (χ4n) is 3.91. The summed E-state index contributed by atoms with van der Waals surface area (Å²) in [6, 6.07) is 18.4. The van der Waals surface area contributed by atoms with Gasteiger partial charge in [-0.2, -0.15) is 0 Å². The normalized spacial score (nSPS) is 16.2. The lowest BCUT2D eigenvalue weighted by molar-refractivity contribution is -0.386. The van der Waals surface area contributed by atoms with E-state index in [-0.39, 0.29) is 16.7 Å². The lowest BCUT2D eigenvalue weighted by atomic mass is 9.89. The maximum absolute atomic E-state index is 11.6. The van der Waals surface area contributed by atoms with Crippen LogP contribution in [0.1, 0.15) is 35.5 Å². The Kier molecular flexibility index (Phi) is 4.62. The highest BCUT2D eigenvalue weighted by molar-refractivity contribution is 5.53. The van der Waals surface area contributed by atoms with Gasteiger partial charge in [0.25, 0.3) is 0 Å². The monoisotopic (exact) mass is 363 g/mol. The number of fused-ring (bicyclic) bond motifs is 1. The molecule has 0 bridgehead atoms. The van der Waals surface area contributed by atoms with Crippen LogP contribution in [0.4, 0.5) is 11.4 Å². The Balaban J connectivity index is 1.77. The van der Waals surface area contributed by atoms with E-state index in [0.29, 0.717) is 24.3 Å². The van der Waals surface area contributed by atoms with Crippen molar-refractivity contribution in [3.05, 3.63) is 87.3 Å². The molecule has 2 aromatic carbocycles. The molecule has 0 saturated heterocycles. The van der Waals surface area contributed by atoms with Crippen molar-refractivity contribution in [2.75, 3.05) is 11.4 Å². The average molecular weight is 363 g/mol. The molecule has 1 atom stereocenters. The number of para-hydroxylation sites is 1. The summed E-state index contributed by atoms with van der Waals surface area (Å²) in [5.74, 6) is 0.347. The van der Waals surface area contributed by atoms with Crippen LogP contribution >= 0.6 is 0 Å². The first kappa shape index (κ1) is 17.3. The number of nitro groups is 1. The van der Waals surface area contributed by atoms with E-state index in [4.69, 9.17) is 4.52 Å². The molecule has 1 aromatic heterocycles. The zero-order valence-electron chi connectivity index (χ0n) is 15.2. The van der Waals surface area contributed by atoms with Crippen LogP contribution in [0.5, 0.6) is 0 Å². The molecule has 0 fully saturated rings. The zero-order chi connectivity index (χ0) is 18.8. The predicted octanol–water partition coefficient (Wildman–Crippen LogP) is 4.49. The summed E-state index contributed by atoms with van der Waals surface area (Å²) in [5, 5.41) is 15.5. The van der Waals surface area contributed by atoms with Crippen molar-refractivity contribution in [2.24, 2.45) is 0 Å². The van der Waals surface area contributed by atoms with Gasteiger partial charge in [-0.1, -0.05) is 54.5 Å². The predicted molar refractivity (Wildman–Crippen MR) is 103 cm³/mol. The van der Waals surface area contributed by atoms with Gasteiger partial charge >= 0.3 is 5.69 Å². The maximum atomic E-state index is 11.6. The highest BCUT2D eigenvalue weighted by Gasteiger charge is 2.33. The molecule has 1 unspecified atom stereocenters. The number of aryl methyl sites for hydroxylation is 1. The van der Waals surface area contributed by atoms with E-state index in [1.54, 1.807) is 0 Å². The molecule has 2 heterocycles. The molecule has 0 N–H and O–H groups in total. The molecule has 27 heavy (non-hydrogen) atoms. The van der Waals surface area contributed by atoms with Crippen molar-refractivity contribution in [1.82, 2.24) is 5.16 Å². The summed E-state index contributed by atoms with van der Waals surface area (Å²) in [6.07, 6.45) is 1.83. The molecular formula is C21H21N3O3. The van der Waals surface area contributed by atoms with Crippen LogP contribution in [0.15, 0.2) is 59.1 Å². The molecule has 6 nitrogen and oxygen atoms in total. The Morgan fingerprint density at radius 3 is 2.67 bits per heavy atom. The van der Waals surface area contributed by atoms with Crippen molar-refractivity contribution in [3.63, 3.8) is 0 Å². The fraction of sp³-hybridized carbons (Fsp3) is 0.286. The largest absolute Gasteiger partial charge is 0.364 e. The number of hydrogen-bond donors (Lipinski definition) is 0. The minimum Gasteiger partial charge on any atom is -0.364 e. The molecule has 1 aliphatic rings. The Morgan fingerprint density at radius 1 is 1.19 bits per heavy atom. The van der Waals surface area contributed by atoms with Crippen molar-refractivity contribution in [2.45, 2.75) is 32.2 Å². The number of anilines is 1. The molecule has 0 spiro atoms. The Morgan fingerprint density at radius 2 is 1.93 bits per heavy atom. The van der Waals surface area contributed by atoms with Crippen LogP contribution in [0, 0.1) is 10.1 Å². The van der Waals surface area contributed by atoms with Crippen molar-refractivity contribution in [1.29, 1.82) is 0 Å². The third-order valence-corrected chi connectivity index (χ3v) is 5.20. The van der Waals surface area contributed by atoms with E-state index < -0.39 is 0 Å². The minimum absolute atomic E-state index is 0.0218. The quantitative estimate of drug-likeness (QED) is 0.493. The number of hydrogen-bond acceptors (Lipinski definition) is 5. The Labute approximate surface area is 157 Å². The third kappa shape index (κ3) is 3.18. The first-order valence-electron chi connectivity index (χ1n) is 9.20. The van der Waals surface area contributed by atoms with E-state index in [1.807, 2.05) is 37.3 Å². The van der Waals surface area contributed by atoms with Gasteiger partial charge in [-0.3, -0.25) is 10.1 Å². The van der Waals surface area contributed by atoms with Crippen LogP contribution < -0.4 is 4.90 Å². The summed E-state index contributed by atoms with van der Waals surface area (Å²) < 4.78 is 5.43. The Bertz CT molecular complexity index is 952. The Hall–Kier alpha value is -3.15. The van der Waals surface area contributed by atoms with Gasteiger partial charge in [0.2, 0.25) is 5.76 Å². The summed E-state index contributed by atoms with van der Waals surface area (Å²) >= 11 is 0. The van der Waals surface area contributed by atoms with Gasteiger partial charge in [0.05, 0.1) is 11.0 Å². The molecule has 1 aliphatic heterocycles. The molecule has 6 heteroatoms. The van der Waals surface area contributed by atoms with Crippen molar-refractivity contribution < 1.29 is 9.45 Å². The van der Waals surface area contributed by atoms with Gasteiger partial charge in [-0.05, 0) is 36.1 Å².